The summed E-state index contributed by atoms with van der Waals surface area (Å²) in [6, 6.07) is 24.1. The van der Waals surface area contributed by atoms with Crippen LogP contribution in [-0.4, -0.2) is 10.2 Å². The van der Waals surface area contributed by atoms with Crippen LogP contribution in [0.2, 0.25) is 0 Å². The zero-order chi connectivity index (χ0) is 20.9. The first kappa shape index (κ1) is 20.0. The minimum atomic E-state index is -0.392. The normalized spacial score (nSPS) is 10.7. The quantitative estimate of drug-likeness (QED) is 0.214. The van der Waals surface area contributed by atoms with Crippen LogP contribution in [0.25, 0.3) is 11.0 Å². The van der Waals surface area contributed by atoms with Crippen LogP contribution < -0.4 is 16.3 Å². The summed E-state index contributed by atoms with van der Waals surface area (Å²) < 4.78 is 5.31. The Morgan fingerprint density at radius 3 is 2.37 bits per heavy atom. The van der Waals surface area contributed by atoms with Gasteiger partial charge in [0.1, 0.15) is 11.3 Å². The number of anilines is 2. The molecule has 0 amide bonds. The Kier molecular flexibility index (Phi) is 6.02. The molecule has 0 atom stereocenters. The Hall–Kier alpha value is -3.29. The van der Waals surface area contributed by atoms with Gasteiger partial charge in [0.25, 0.3) is 0 Å². The molecule has 0 saturated carbocycles. The average Bonchev–Trinajstić information content (AvgIpc) is 2.74. The van der Waals surface area contributed by atoms with Crippen molar-refractivity contribution in [3.63, 3.8) is 0 Å². The lowest BCUT2D eigenvalue weighted by Crippen LogP contribution is -2.18. The summed E-state index contributed by atoms with van der Waals surface area (Å²) in [5, 5.41) is 17.1. The van der Waals surface area contributed by atoms with Crippen LogP contribution >= 0.6 is 24.0 Å². The number of hydrogen-bond donors (Lipinski definition) is 3. The molecule has 0 saturated heterocycles. The van der Waals surface area contributed by atoms with E-state index in [0.717, 1.165) is 21.7 Å². The van der Waals surface area contributed by atoms with Gasteiger partial charge in [-0.1, -0.05) is 18.2 Å². The Morgan fingerprint density at radius 1 is 0.933 bits per heavy atom. The lowest BCUT2D eigenvalue weighted by Gasteiger charge is -2.11. The van der Waals surface area contributed by atoms with E-state index in [1.165, 1.54) is 6.07 Å². The molecule has 3 N–H and O–H groups in total. The molecule has 3 aromatic carbocycles. The summed E-state index contributed by atoms with van der Waals surface area (Å²) in [6.07, 6.45) is 0. The molecular weight excluding hydrogens is 416 g/mol. The van der Waals surface area contributed by atoms with Gasteiger partial charge in [-0.3, -0.25) is 0 Å². The van der Waals surface area contributed by atoms with E-state index in [4.69, 9.17) is 16.6 Å². The lowest BCUT2D eigenvalue weighted by atomic mass is 10.2. The van der Waals surface area contributed by atoms with Gasteiger partial charge in [0.05, 0.1) is 0 Å². The first-order valence-corrected chi connectivity index (χ1v) is 10.6. The van der Waals surface area contributed by atoms with Crippen molar-refractivity contribution in [1.82, 2.24) is 0 Å². The second kappa shape index (κ2) is 9.02. The molecule has 0 spiro atoms. The third-order valence-corrected chi connectivity index (χ3v) is 5.59. The number of benzene rings is 3. The molecule has 0 unspecified atom stereocenters. The first-order chi connectivity index (χ1) is 14.6. The summed E-state index contributed by atoms with van der Waals surface area (Å²) in [5.74, 6) is 0.555. The second-order valence-corrected chi connectivity index (χ2v) is 8.00. The van der Waals surface area contributed by atoms with E-state index in [1.54, 1.807) is 30.0 Å². The fourth-order valence-corrected chi connectivity index (χ4v) is 3.94. The topological polar surface area (TPSA) is 74.5 Å². The number of thioether (sulfide) groups is 1. The third-order valence-electron chi connectivity index (χ3n) is 4.33. The maximum Gasteiger partial charge on any atom is 0.340 e. The van der Waals surface area contributed by atoms with Crippen molar-refractivity contribution in [1.29, 1.82) is 0 Å². The molecule has 0 aliphatic heterocycles. The summed E-state index contributed by atoms with van der Waals surface area (Å²) in [6.45, 7) is 0. The standard InChI is InChI=1S/C23H18N2O3S2/c26-19-9-6-15-12-16(22(27)28-21(15)13-19)14-30-20-10-7-18(8-11-20)25-23(29)24-17-4-2-1-3-5-17/h1-13,26H,14H2,(H2,24,25,29). The summed E-state index contributed by atoms with van der Waals surface area (Å²) >= 11 is 6.88. The highest BCUT2D eigenvalue weighted by Crippen LogP contribution is 2.25. The molecule has 4 rings (SSSR count). The fraction of sp³-hybridized carbons (Fsp3) is 0.0435. The number of fused-ring (bicyclic) bond motifs is 1. The van der Waals surface area contributed by atoms with E-state index >= 15 is 0 Å². The Bertz CT molecular complexity index is 1240. The largest absolute Gasteiger partial charge is 0.508 e. The van der Waals surface area contributed by atoms with E-state index in [9.17, 15) is 9.90 Å². The highest BCUT2D eigenvalue weighted by atomic mass is 32.2. The van der Waals surface area contributed by atoms with E-state index in [0.29, 0.717) is 22.0 Å². The van der Waals surface area contributed by atoms with E-state index in [-0.39, 0.29) is 5.75 Å². The number of hydrogen-bond acceptors (Lipinski definition) is 5. The smallest absolute Gasteiger partial charge is 0.340 e. The van der Waals surface area contributed by atoms with Crippen molar-refractivity contribution in [3.05, 3.63) is 94.8 Å². The number of para-hydroxylation sites is 1. The van der Waals surface area contributed by atoms with Crippen LogP contribution in [0, 0.1) is 0 Å². The van der Waals surface area contributed by atoms with Gasteiger partial charge in [-0.15, -0.1) is 11.8 Å². The molecule has 1 aromatic heterocycles. The van der Waals surface area contributed by atoms with Gasteiger partial charge in [-0.25, -0.2) is 4.79 Å². The van der Waals surface area contributed by atoms with Gasteiger partial charge in [0, 0.05) is 39.0 Å². The van der Waals surface area contributed by atoms with Crippen LogP contribution in [0.15, 0.2) is 93.0 Å². The van der Waals surface area contributed by atoms with Crippen molar-refractivity contribution in [2.24, 2.45) is 0 Å². The zero-order valence-electron chi connectivity index (χ0n) is 15.8. The number of thiocarbonyl (C=S) groups is 1. The van der Waals surface area contributed by atoms with Crippen molar-refractivity contribution in [3.8, 4) is 5.75 Å². The molecule has 150 valence electrons. The summed E-state index contributed by atoms with van der Waals surface area (Å²) in [4.78, 5) is 13.2. The number of nitrogens with one attached hydrogen (secondary N) is 2. The van der Waals surface area contributed by atoms with Crippen LogP contribution in [0.5, 0.6) is 5.75 Å². The van der Waals surface area contributed by atoms with Gasteiger partial charge in [-0.05, 0) is 66.8 Å². The van der Waals surface area contributed by atoms with Crippen LogP contribution in [0.1, 0.15) is 5.56 Å². The third kappa shape index (κ3) is 5.00. The molecular formula is C23H18N2O3S2. The maximum absolute atomic E-state index is 12.2. The van der Waals surface area contributed by atoms with E-state index in [1.807, 2.05) is 54.6 Å². The Balaban J connectivity index is 1.37. The molecule has 0 bridgehead atoms. The molecule has 0 fully saturated rings. The molecule has 4 aromatic rings. The van der Waals surface area contributed by atoms with Gasteiger partial charge in [-0.2, -0.15) is 0 Å². The molecule has 0 aliphatic carbocycles. The van der Waals surface area contributed by atoms with Crippen LogP contribution in [-0.2, 0) is 5.75 Å². The zero-order valence-corrected chi connectivity index (χ0v) is 17.4. The van der Waals surface area contributed by atoms with Gasteiger partial charge in [0.15, 0.2) is 5.11 Å². The van der Waals surface area contributed by atoms with Crippen LogP contribution in [0.3, 0.4) is 0 Å². The van der Waals surface area contributed by atoms with Crippen LogP contribution in [0.4, 0.5) is 11.4 Å². The highest BCUT2D eigenvalue weighted by molar-refractivity contribution is 7.98. The molecule has 1 heterocycles. The fourth-order valence-electron chi connectivity index (χ4n) is 2.85. The minimum Gasteiger partial charge on any atom is -0.508 e. The first-order valence-electron chi connectivity index (χ1n) is 9.18. The summed E-state index contributed by atoms with van der Waals surface area (Å²) in [5.41, 5.74) is 2.36. The second-order valence-electron chi connectivity index (χ2n) is 6.54. The molecule has 0 aliphatic rings. The number of phenolic OH excluding ortho intramolecular Hbond substituents is 1. The number of phenols is 1. The van der Waals surface area contributed by atoms with Crippen molar-refractivity contribution in [2.75, 3.05) is 10.6 Å². The van der Waals surface area contributed by atoms with E-state index < -0.39 is 5.63 Å². The highest BCUT2D eigenvalue weighted by Gasteiger charge is 2.07. The molecule has 30 heavy (non-hydrogen) atoms. The monoisotopic (exact) mass is 434 g/mol. The average molecular weight is 435 g/mol. The minimum absolute atomic E-state index is 0.0694. The van der Waals surface area contributed by atoms with Crippen molar-refractivity contribution < 1.29 is 9.52 Å². The number of rotatable bonds is 5. The lowest BCUT2D eigenvalue weighted by molar-refractivity contribution is 0.473. The Labute approximate surface area is 182 Å². The molecule has 0 radical (unpaired) electrons. The Morgan fingerprint density at radius 2 is 1.63 bits per heavy atom. The van der Waals surface area contributed by atoms with E-state index in [2.05, 4.69) is 10.6 Å². The van der Waals surface area contributed by atoms with Crippen molar-refractivity contribution in [2.45, 2.75) is 10.6 Å². The summed E-state index contributed by atoms with van der Waals surface area (Å²) in [7, 11) is 0. The SMILES string of the molecule is O=c1oc2cc(O)ccc2cc1CSc1ccc(NC(=S)Nc2ccccc2)cc1. The van der Waals surface area contributed by atoms with Gasteiger partial charge >= 0.3 is 5.63 Å². The van der Waals surface area contributed by atoms with Crippen molar-refractivity contribution >= 4 is 51.4 Å². The molecule has 5 nitrogen and oxygen atoms in total. The maximum atomic E-state index is 12.2. The number of aromatic hydroxyl groups is 1. The predicted molar refractivity (Wildman–Crippen MR) is 126 cm³/mol. The molecule has 7 heteroatoms. The van der Waals surface area contributed by atoms with Gasteiger partial charge < -0.3 is 20.2 Å². The van der Waals surface area contributed by atoms with Gasteiger partial charge in [0.2, 0.25) is 0 Å². The predicted octanol–water partition coefficient (Wildman–Crippen LogP) is 5.60.